The summed E-state index contributed by atoms with van der Waals surface area (Å²) in [6, 6.07) is 10.1. The van der Waals surface area contributed by atoms with E-state index in [0.29, 0.717) is 26.9 Å². The van der Waals surface area contributed by atoms with Gasteiger partial charge in [0, 0.05) is 20.6 Å². The predicted molar refractivity (Wildman–Crippen MR) is 92.2 cm³/mol. The molecule has 0 saturated carbocycles. The number of nitrogens with zero attached hydrogens (tertiary/aromatic N) is 1. The van der Waals surface area contributed by atoms with Crippen molar-refractivity contribution in [3.63, 3.8) is 0 Å². The predicted octanol–water partition coefficient (Wildman–Crippen LogP) is 4.53. The molecule has 0 bridgehead atoms. The molecule has 7 heteroatoms. The van der Waals surface area contributed by atoms with E-state index in [9.17, 15) is 4.79 Å². The minimum absolute atomic E-state index is 0.323. The number of carbonyl (C=O) groups excluding carboxylic acids is 1. The summed E-state index contributed by atoms with van der Waals surface area (Å²) in [4.78, 5) is 11.9. The third kappa shape index (κ3) is 4.22. The van der Waals surface area contributed by atoms with Crippen molar-refractivity contribution in [2.24, 2.45) is 5.10 Å². The SMILES string of the molecule is COc1c(Cl)cc(Cl)cc1/C=N/NC(=O)c1ccc(Br)cc1. The second kappa shape index (κ2) is 7.63. The third-order valence-corrected chi connectivity index (χ3v) is 3.75. The van der Waals surface area contributed by atoms with Gasteiger partial charge in [0.05, 0.1) is 18.3 Å². The summed E-state index contributed by atoms with van der Waals surface area (Å²) in [6.45, 7) is 0. The molecule has 2 aromatic rings. The third-order valence-electron chi connectivity index (χ3n) is 2.72. The smallest absolute Gasteiger partial charge is 0.271 e. The summed E-state index contributed by atoms with van der Waals surface area (Å²) in [5.74, 6) is 0.114. The van der Waals surface area contributed by atoms with Crippen molar-refractivity contribution in [1.29, 1.82) is 0 Å². The van der Waals surface area contributed by atoms with Gasteiger partial charge >= 0.3 is 0 Å². The van der Waals surface area contributed by atoms with E-state index >= 15 is 0 Å². The minimum Gasteiger partial charge on any atom is -0.495 e. The van der Waals surface area contributed by atoms with Crippen LogP contribution in [0.5, 0.6) is 5.75 Å². The number of amides is 1. The zero-order chi connectivity index (χ0) is 16.1. The number of nitrogens with one attached hydrogen (secondary N) is 1. The highest BCUT2D eigenvalue weighted by Gasteiger charge is 2.08. The highest BCUT2D eigenvalue weighted by molar-refractivity contribution is 9.10. The lowest BCUT2D eigenvalue weighted by Crippen LogP contribution is -2.17. The molecule has 0 aliphatic rings. The first-order valence-electron chi connectivity index (χ1n) is 6.13. The summed E-state index contributed by atoms with van der Waals surface area (Å²) >= 11 is 15.3. The van der Waals surface area contributed by atoms with E-state index in [1.54, 1.807) is 36.4 Å². The van der Waals surface area contributed by atoms with Crippen LogP contribution in [0.15, 0.2) is 46.0 Å². The largest absolute Gasteiger partial charge is 0.495 e. The van der Waals surface area contributed by atoms with E-state index < -0.39 is 0 Å². The van der Waals surface area contributed by atoms with Gasteiger partial charge in [-0.1, -0.05) is 39.1 Å². The summed E-state index contributed by atoms with van der Waals surface area (Å²) in [5.41, 5.74) is 3.49. The number of halogens is 3. The lowest BCUT2D eigenvalue weighted by atomic mass is 10.2. The maximum absolute atomic E-state index is 11.9. The van der Waals surface area contributed by atoms with E-state index in [1.807, 2.05) is 0 Å². The highest BCUT2D eigenvalue weighted by atomic mass is 79.9. The number of ether oxygens (including phenoxy) is 1. The molecule has 0 atom stereocenters. The van der Waals surface area contributed by atoms with Crippen molar-refractivity contribution >= 4 is 51.3 Å². The van der Waals surface area contributed by atoms with Gasteiger partial charge in [0.1, 0.15) is 5.75 Å². The second-order valence-electron chi connectivity index (χ2n) is 4.22. The first-order chi connectivity index (χ1) is 10.5. The Morgan fingerprint density at radius 2 is 1.95 bits per heavy atom. The highest BCUT2D eigenvalue weighted by Crippen LogP contribution is 2.31. The summed E-state index contributed by atoms with van der Waals surface area (Å²) in [7, 11) is 1.49. The quantitative estimate of drug-likeness (QED) is 0.604. The average molecular weight is 402 g/mol. The molecule has 22 heavy (non-hydrogen) atoms. The Morgan fingerprint density at radius 1 is 1.27 bits per heavy atom. The molecular weight excluding hydrogens is 391 g/mol. The average Bonchev–Trinajstić information content (AvgIpc) is 2.47. The van der Waals surface area contributed by atoms with Crippen LogP contribution in [0.1, 0.15) is 15.9 Å². The molecule has 0 aromatic heterocycles. The lowest BCUT2D eigenvalue weighted by molar-refractivity contribution is 0.0955. The maximum Gasteiger partial charge on any atom is 0.271 e. The second-order valence-corrected chi connectivity index (χ2v) is 5.98. The molecule has 0 heterocycles. The summed E-state index contributed by atoms with van der Waals surface area (Å²) in [5, 5.41) is 4.72. The zero-order valence-corrected chi connectivity index (χ0v) is 14.5. The van der Waals surface area contributed by atoms with Crippen LogP contribution in [0.25, 0.3) is 0 Å². The number of hydrogen-bond acceptors (Lipinski definition) is 3. The fourth-order valence-corrected chi connectivity index (χ4v) is 2.57. The normalized spacial score (nSPS) is 10.7. The van der Waals surface area contributed by atoms with E-state index in [1.165, 1.54) is 13.3 Å². The molecule has 1 amide bonds. The molecule has 2 aromatic carbocycles. The molecule has 114 valence electrons. The van der Waals surface area contributed by atoms with Crippen LogP contribution in [0.3, 0.4) is 0 Å². The maximum atomic E-state index is 11.9. The van der Waals surface area contributed by atoms with Gasteiger partial charge in [-0.3, -0.25) is 4.79 Å². The number of hydrazone groups is 1. The molecule has 0 fully saturated rings. The van der Waals surface area contributed by atoms with Gasteiger partial charge in [-0.15, -0.1) is 0 Å². The molecule has 4 nitrogen and oxygen atoms in total. The number of methoxy groups -OCH3 is 1. The first kappa shape index (κ1) is 16.8. The summed E-state index contributed by atoms with van der Waals surface area (Å²) in [6.07, 6.45) is 1.42. The van der Waals surface area contributed by atoms with Gasteiger partial charge in [-0.2, -0.15) is 5.10 Å². The Balaban J connectivity index is 2.12. The van der Waals surface area contributed by atoms with Crippen LogP contribution in [0.4, 0.5) is 0 Å². The van der Waals surface area contributed by atoms with Crippen LogP contribution in [0, 0.1) is 0 Å². The van der Waals surface area contributed by atoms with E-state index in [4.69, 9.17) is 27.9 Å². The van der Waals surface area contributed by atoms with Crippen molar-refractivity contribution in [1.82, 2.24) is 5.43 Å². The molecule has 0 radical (unpaired) electrons. The lowest BCUT2D eigenvalue weighted by Gasteiger charge is -2.07. The Kier molecular flexibility index (Phi) is 5.83. The van der Waals surface area contributed by atoms with Gasteiger partial charge in [-0.05, 0) is 36.4 Å². The molecule has 0 aliphatic carbocycles. The number of rotatable bonds is 4. The van der Waals surface area contributed by atoms with Crippen molar-refractivity contribution in [3.8, 4) is 5.75 Å². The fourth-order valence-electron chi connectivity index (χ4n) is 1.72. The Hall–Kier alpha value is -1.56. The van der Waals surface area contributed by atoms with E-state index in [-0.39, 0.29) is 5.91 Å². The number of benzene rings is 2. The van der Waals surface area contributed by atoms with Gasteiger partial charge in [-0.25, -0.2) is 5.43 Å². The monoisotopic (exact) mass is 400 g/mol. The fraction of sp³-hybridized carbons (Fsp3) is 0.0667. The van der Waals surface area contributed by atoms with Crippen LogP contribution in [-0.2, 0) is 0 Å². The molecular formula is C15H11BrCl2N2O2. The molecule has 2 rings (SSSR count). The zero-order valence-electron chi connectivity index (χ0n) is 11.4. The Bertz CT molecular complexity index is 718. The molecule has 0 spiro atoms. The number of hydrogen-bond donors (Lipinski definition) is 1. The topological polar surface area (TPSA) is 50.7 Å². The van der Waals surface area contributed by atoms with Gasteiger partial charge in [0.2, 0.25) is 0 Å². The Morgan fingerprint density at radius 3 is 2.59 bits per heavy atom. The minimum atomic E-state index is -0.323. The van der Waals surface area contributed by atoms with Crippen molar-refractivity contribution in [2.45, 2.75) is 0 Å². The van der Waals surface area contributed by atoms with Crippen molar-refractivity contribution < 1.29 is 9.53 Å². The molecule has 0 saturated heterocycles. The van der Waals surface area contributed by atoms with Gasteiger partial charge in [0.15, 0.2) is 0 Å². The van der Waals surface area contributed by atoms with E-state index in [2.05, 4.69) is 26.5 Å². The van der Waals surface area contributed by atoms with E-state index in [0.717, 1.165) is 4.47 Å². The number of carbonyl (C=O) groups is 1. The van der Waals surface area contributed by atoms with Crippen LogP contribution in [-0.4, -0.2) is 19.2 Å². The van der Waals surface area contributed by atoms with Gasteiger partial charge in [0.25, 0.3) is 5.91 Å². The van der Waals surface area contributed by atoms with Crippen molar-refractivity contribution in [2.75, 3.05) is 7.11 Å². The Labute approximate surface area is 146 Å². The standard InChI is InChI=1S/C15H11BrCl2N2O2/c1-22-14-10(6-12(17)7-13(14)18)8-19-20-15(21)9-2-4-11(16)5-3-9/h2-8H,1H3,(H,20,21)/b19-8+. The van der Waals surface area contributed by atoms with Crippen LogP contribution < -0.4 is 10.2 Å². The molecule has 0 aliphatic heterocycles. The first-order valence-corrected chi connectivity index (χ1v) is 7.68. The van der Waals surface area contributed by atoms with Crippen LogP contribution >= 0.6 is 39.1 Å². The molecule has 0 unspecified atom stereocenters. The molecule has 1 N–H and O–H groups in total. The van der Waals surface area contributed by atoms with Gasteiger partial charge < -0.3 is 4.74 Å². The summed E-state index contributed by atoms with van der Waals surface area (Å²) < 4.78 is 6.08. The van der Waals surface area contributed by atoms with Crippen LogP contribution in [0.2, 0.25) is 10.0 Å². The van der Waals surface area contributed by atoms with Crippen molar-refractivity contribution in [3.05, 3.63) is 62.0 Å².